The van der Waals surface area contributed by atoms with E-state index in [1.54, 1.807) is 30.6 Å². The Morgan fingerprint density at radius 2 is 2.15 bits per heavy atom. The maximum Gasteiger partial charge on any atom is 0.335 e. The molecule has 7 heteroatoms. The van der Waals surface area contributed by atoms with Gasteiger partial charge in [-0.3, -0.25) is 14.8 Å². The van der Waals surface area contributed by atoms with Crippen LogP contribution < -0.4 is 0 Å². The third-order valence-electron chi connectivity index (χ3n) is 4.51. The summed E-state index contributed by atoms with van der Waals surface area (Å²) >= 11 is 0. The molecular formula is C19H21N3O4. The van der Waals surface area contributed by atoms with Crippen molar-refractivity contribution in [2.24, 2.45) is 5.92 Å². The number of aromatic carboxylic acids is 1. The first-order chi connectivity index (χ1) is 12.6. The fourth-order valence-corrected chi connectivity index (χ4v) is 3.16. The van der Waals surface area contributed by atoms with E-state index in [0.717, 1.165) is 30.6 Å². The molecule has 1 amide bonds. The monoisotopic (exact) mass is 355 g/mol. The zero-order chi connectivity index (χ0) is 18.5. The van der Waals surface area contributed by atoms with Crippen molar-refractivity contribution in [3.05, 3.63) is 47.9 Å². The van der Waals surface area contributed by atoms with Gasteiger partial charge in [0, 0.05) is 32.0 Å². The van der Waals surface area contributed by atoms with Crippen molar-refractivity contribution >= 4 is 11.9 Å². The normalized spacial score (nSPS) is 16.7. The molecule has 1 N–H and O–H groups in total. The maximum atomic E-state index is 11.9. The second-order valence-electron chi connectivity index (χ2n) is 6.41. The van der Waals surface area contributed by atoms with E-state index in [1.165, 1.54) is 7.11 Å². The summed E-state index contributed by atoms with van der Waals surface area (Å²) in [6, 6.07) is 6.64. The maximum absolute atomic E-state index is 11.9. The Morgan fingerprint density at radius 3 is 2.85 bits per heavy atom. The van der Waals surface area contributed by atoms with Crippen LogP contribution in [0, 0.1) is 5.92 Å². The summed E-state index contributed by atoms with van der Waals surface area (Å²) in [5.41, 5.74) is 2.45. The van der Waals surface area contributed by atoms with Crippen LogP contribution >= 0.6 is 0 Å². The lowest BCUT2D eigenvalue weighted by molar-refractivity contribution is -0.134. The van der Waals surface area contributed by atoms with E-state index in [9.17, 15) is 9.59 Å². The summed E-state index contributed by atoms with van der Waals surface area (Å²) in [5.74, 6) is -0.578. The summed E-state index contributed by atoms with van der Waals surface area (Å²) < 4.78 is 4.90. The number of carboxylic acid groups (broad SMARTS) is 1. The molecule has 1 fully saturated rings. The number of hydrogen-bond donors (Lipinski definition) is 1. The molecule has 2 aromatic rings. The van der Waals surface area contributed by atoms with E-state index in [-0.39, 0.29) is 18.1 Å². The first-order valence-electron chi connectivity index (χ1n) is 8.48. The summed E-state index contributed by atoms with van der Waals surface area (Å²) in [4.78, 5) is 33.6. The van der Waals surface area contributed by atoms with Crippen molar-refractivity contribution in [2.45, 2.75) is 12.8 Å². The number of benzene rings is 1. The van der Waals surface area contributed by atoms with Gasteiger partial charge >= 0.3 is 5.97 Å². The van der Waals surface area contributed by atoms with Crippen LogP contribution in [0.25, 0.3) is 11.3 Å². The summed E-state index contributed by atoms with van der Waals surface area (Å²) in [6.45, 7) is 1.59. The van der Waals surface area contributed by atoms with Crippen LogP contribution in [0.1, 0.15) is 22.5 Å². The number of aromatic nitrogens is 2. The number of amides is 1. The molecule has 0 spiro atoms. The lowest BCUT2D eigenvalue weighted by Gasteiger charge is -2.15. The van der Waals surface area contributed by atoms with E-state index in [0.29, 0.717) is 18.2 Å². The second kappa shape index (κ2) is 8.05. The highest BCUT2D eigenvalue weighted by atomic mass is 16.5. The molecule has 1 aromatic carbocycles. The number of likely N-dealkylation sites (tertiary alicyclic amines) is 1. The van der Waals surface area contributed by atoms with Crippen LogP contribution in [0.15, 0.2) is 36.7 Å². The molecule has 0 saturated carbocycles. The van der Waals surface area contributed by atoms with Gasteiger partial charge in [0.25, 0.3) is 0 Å². The quantitative estimate of drug-likeness (QED) is 0.850. The van der Waals surface area contributed by atoms with Crippen molar-refractivity contribution in [3.63, 3.8) is 0 Å². The molecule has 0 radical (unpaired) electrons. The largest absolute Gasteiger partial charge is 0.478 e. The first-order valence-corrected chi connectivity index (χ1v) is 8.48. The van der Waals surface area contributed by atoms with Crippen LogP contribution in [-0.2, 0) is 16.0 Å². The fourth-order valence-electron chi connectivity index (χ4n) is 3.16. The zero-order valence-electron chi connectivity index (χ0n) is 14.6. The number of hydrogen-bond acceptors (Lipinski definition) is 5. The topological polar surface area (TPSA) is 92.6 Å². The lowest BCUT2D eigenvalue weighted by Crippen LogP contribution is -2.31. The summed E-state index contributed by atoms with van der Waals surface area (Å²) in [6.07, 6.45) is 5.10. The van der Waals surface area contributed by atoms with Crippen LogP contribution in [0.5, 0.6) is 0 Å². The van der Waals surface area contributed by atoms with Gasteiger partial charge in [0.2, 0.25) is 5.91 Å². The lowest BCUT2D eigenvalue weighted by atomic mass is 10.0. The molecule has 7 nitrogen and oxygen atoms in total. The minimum absolute atomic E-state index is 0.0229. The van der Waals surface area contributed by atoms with Gasteiger partial charge in [-0.05, 0) is 30.9 Å². The number of carboxylic acids is 1. The van der Waals surface area contributed by atoms with E-state index in [2.05, 4.69) is 9.97 Å². The van der Waals surface area contributed by atoms with Crippen molar-refractivity contribution in [3.8, 4) is 11.3 Å². The van der Waals surface area contributed by atoms with Crippen LogP contribution in [0.4, 0.5) is 0 Å². The van der Waals surface area contributed by atoms with E-state index in [1.807, 2.05) is 11.0 Å². The van der Waals surface area contributed by atoms with Gasteiger partial charge < -0.3 is 14.7 Å². The molecule has 26 heavy (non-hydrogen) atoms. The van der Waals surface area contributed by atoms with Gasteiger partial charge in [-0.25, -0.2) is 4.79 Å². The standard InChI is InChI=1S/C19H21N3O4/c1-26-12-18(23)22-6-5-13(11-22)7-16-9-21-17(10-20-16)14-3-2-4-15(8-14)19(24)25/h2-4,8-10,13H,5-7,11-12H2,1H3,(H,24,25)/t13-/m0/s1. The Bertz CT molecular complexity index is 792. The van der Waals surface area contributed by atoms with Crippen molar-refractivity contribution < 1.29 is 19.4 Å². The SMILES string of the molecule is COCC(=O)N1CC[C@@H](Cc2cnc(-c3cccc(C(=O)O)c3)cn2)C1. The molecule has 136 valence electrons. The third kappa shape index (κ3) is 4.23. The van der Waals surface area contributed by atoms with Gasteiger partial charge in [0.05, 0.1) is 23.1 Å². The number of nitrogens with zero attached hydrogens (tertiary/aromatic N) is 3. The Labute approximate surface area is 151 Å². The van der Waals surface area contributed by atoms with E-state index < -0.39 is 5.97 Å². The van der Waals surface area contributed by atoms with Crippen molar-refractivity contribution in [1.29, 1.82) is 0 Å². The average Bonchev–Trinajstić information content (AvgIpc) is 3.11. The number of ether oxygens (including phenoxy) is 1. The Kier molecular flexibility index (Phi) is 5.58. The molecular weight excluding hydrogens is 334 g/mol. The van der Waals surface area contributed by atoms with Gasteiger partial charge in [-0.2, -0.15) is 0 Å². The van der Waals surface area contributed by atoms with Crippen molar-refractivity contribution in [2.75, 3.05) is 26.8 Å². The van der Waals surface area contributed by atoms with Gasteiger partial charge in [0.1, 0.15) is 6.61 Å². The summed E-state index contributed by atoms with van der Waals surface area (Å²) in [7, 11) is 1.52. The molecule has 0 aliphatic carbocycles. The highest BCUT2D eigenvalue weighted by Gasteiger charge is 2.26. The van der Waals surface area contributed by atoms with Crippen molar-refractivity contribution in [1.82, 2.24) is 14.9 Å². The number of rotatable bonds is 6. The van der Waals surface area contributed by atoms with Crippen LogP contribution in [0.2, 0.25) is 0 Å². The van der Waals surface area contributed by atoms with Gasteiger partial charge in [-0.1, -0.05) is 12.1 Å². The Balaban J connectivity index is 1.63. The van der Waals surface area contributed by atoms with Gasteiger partial charge in [0.15, 0.2) is 0 Å². The molecule has 1 aromatic heterocycles. The van der Waals surface area contributed by atoms with E-state index >= 15 is 0 Å². The molecule has 1 aliphatic heterocycles. The Morgan fingerprint density at radius 1 is 1.31 bits per heavy atom. The molecule has 1 saturated heterocycles. The van der Waals surface area contributed by atoms with E-state index in [4.69, 9.17) is 9.84 Å². The van der Waals surface area contributed by atoms with Crippen LogP contribution in [0.3, 0.4) is 0 Å². The van der Waals surface area contributed by atoms with Gasteiger partial charge in [-0.15, -0.1) is 0 Å². The van der Waals surface area contributed by atoms with Crippen LogP contribution in [-0.4, -0.2) is 58.7 Å². The fraction of sp³-hybridized carbons (Fsp3) is 0.368. The molecule has 3 rings (SSSR count). The molecule has 2 heterocycles. The summed E-state index contributed by atoms with van der Waals surface area (Å²) in [5, 5.41) is 9.08. The Hall–Kier alpha value is -2.80. The number of methoxy groups -OCH3 is 1. The third-order valence-corrected chi connectivity index (χ3v) is 4.51. The molecule has 1 aliphatic rings. The highest BCUT2D eigenvalue weighted by molar-refractivity contribution is 5.89. The highest BCUT2D eigenvalue weighted by Crippen LogP contribution is 2.22. The first kappa shape index (κ1) is 18.0. The molecule has 0 bridgehead atoms. The minimum atomic E-state index is -0.967. The number of carbonyl (C=O) groups excluding carboxylic acids is 1. The predicted octanol–water partition coefficient (Wildman–Crippen LogP) is 1.88. The smallest absolute Gasteiger partial charge is 0.335 e. The zero-order valence-corrected chi connectivity index (χ0v) is 14.6. The average molecular weight is 355 g/mol. The molecule has 1 atom stereocenters. The second-order valence-corrected chi connectivity index (χ2v) is 6.41. The number of carbonyl (C=O) groups is 2. The molecule has 0 unspecified atom stereocenters. The minimum Gasteiger partial charge on any atom is -0.478 e. The predicted molar refractivity (Wildman–Crippen MR) is 94.7 cm³/mol.